The molecule has 1 aliphatic carbocycles. The number of nitrogens with one attached hydrogen (secondary N) is 1. The number of pyridine rings is 1. The maximum atomic E-state index is 12.7. The summed E-state index contributed by atoms with van der Waals surface area (Å²) in [6.07, 6.45) is 8.58. The third-order valence-electron chi connectivity index (χ3n) is 5.96. The molecule has 7 nitrogen and oxygen atoms in total. The molecule has 156 valence electrons. The van der Waals surface area contributed by atoms with E-state index in [1.807, 2.05) is 36.0 Å². The van der Waals surface area contributed by atoms with Crippen LogP contribution in [-0.4, -0.2) is 39.9 Å². The van der Waals surface area contributed by atoms with Crippen LogP contribution >= 0.6 is 0 Å². The summed E-state index contributed by atoms with van der Waals surface area (Å²) >= 11 is 0. The molecule has 1 atom stereocenters. The molecule has 1 fully saturated rings. The molecule has 4 heterocycles. The fourth-order valence-electron chi connectivity index (χ4n) is 4.36. The normalized spacial score (nSPS) is 17.6. The Bertz CT molecular complexity index is 1050. The van der Waals surface area contributed by atoms with Crippen LogP contribution in [0.2, 0.25) is 0 Å². The maximum absolute atomic E-state index is 12.7. The van der Waals surface area contributed by atoms with E-state index < -0.39 is 0 Å². The second-order valence-corrected chi connectivity index (χ2v) is 8.04. The van der Waals surface area contributed by atoms with Gasteiger partial charge in [-0.2, -0.15) is 5.10 Å². The van der Waals surface area contributed by atoms with E-state index in [1.54, 1.807) is 0 Å². The number of hydrogen-bond donors (Lipinski definition) is 1. The number of aryl methyl sites for hydroxylation is 4. The number of aromatic nitrogens is 3. The minimum Gasteiger partial charge on any atom is -0.455 e. The van der Waals surface area contributed by atoms with E-state index in [0.29, 0.717) is 12.3 Å². The lowest BCUT2D eigenvalue weighted by Gasteiger charge is -2.10. The number of ether oxygens (including phenoxy) is 1. The van der Waals surface area contributed by atoms with Crippen LogP contribution in [0.3, 0.4) is 0 Å². The Morgan fingerprint density at radius 2 is 2.27 bits per heavy atom. The minimum atomic E-state index is -0.173. The van der Waals surface area contributed by atoms with Crippen LogP contribution in [0.1, 0.15) is 46.0 Å². The van der Waals surface area contributed by atoms with E-state index in [9.17, 15) is 4.79 Å². The highest BCUT2D eigenvalue weighted by Crippen LogP contribution is 2.38. The molecule has 0 aromatic carbocycles. The van der Waals surface area contributed by atoms with Gasteiger partial charge in [-0.3, -0.25) is 14.5 Å². The summed E-state index contributed by atoms with van der Waals surface area (Å²) in [5, 5.41) is 7.80. The zero-order valence-corrected chi connectivity index (χ0v) is 17.2. The average molecular weight is 406 g/mol. The quantitative estimate of drug-likeness (QED) is 0.680. The van der Waals surface area contributed by atoms with Gasteiger partial charge in [-0.25, -0.2) is 0 Å². The smallest absolute Gasteiger partial charge is 0.287 e. The van der Waals surface area contributed by atoms with Crippen LogP contribution in [0, 0.1) is 6.92 Å². The second kappa shape index (κ2) is 8.07. The summed E-state index contributed by atoms with van der Waals surface area (Å²) in [6, 6.07) is 5.96. The molecule has 30 heavy (non-hydrogen) atoms. The Labute approximate surface area is 175 Å². The van der Waals surface area contributed by atoms with Crippen molar-refractivity contribution in [2.24, 2.45) is 0 Å². The van der Waals surface area contributed by atoms with Crippen molar-refractivity contribution in [2.75, 3.05) is 13.2 Å². The number of carbonyl (C=O) groups excluding carboxylic acids is 1. The van der Waals surface area contributed by atoms with E-state index in [2.05, 4.69) is 16.5 Å². The number of fused-ring (bicyclic) bond motifs is 3. The molecule has 5 rings (SSSR count). The Morgan fingerprint density at radius 1 is 1.33 bits per heavy atom. The molecule has 1 aliphatic heterocycles. The van der Waals surface area contributed by atoms with Gasteiger partial charge in [0.15, 0.2) is 5.76 Å². The Morgan fingerprint density at radius 3 is 3.07 bits per heavy atom. The van der Waals surface area contributed by atoms with Gasteiger partial charge in [0, 0.05) is 61.8 Å². The van der Waals surface area contributed by atoms with Gasteiger partial charge in [0.25, 0.3) is 5.91 Å². The highest BCUT2D eigenvalue weighted by Gasteiger charge is 2.30. The summed E-state index contributed by atoms with van der Waals surface area (Å²) in [7, 11) is 0. The van der Waals surface area contributed by atoms with Gasteiger partial charge in [0.2, 0.25) is 0 Å². The van der Waals surface area contributed by atoms with Crippen LogP contribution in [0.15, 0.2) is 35.0 Å². The van der Waals surface area contributed by atoms with Gasteiger partial charge in [-0.15, -0.1) is 0 Å². The van der Waals surface area contributed by atoms with E-state index >= 15 is 0 Å². The molecular formula is C23H26N4O3. The van der Waals surface area contributed by atoms with Crippen LogP contribution in [0.25, 0.3) is 11.3 Å². The first-order valence-corrected chi connectivity index (χ1v) is 10.7. The third-order valence-corrected chi connectivity index (χ3v) is 5.96. The molecule has 0 bridgehead atoms. The van der Waals surface area contributed by atoms with Crippen molar-refractivity contribution in [1.29, 1.82) is 0 Å². The van der Waals surface area contributed by atoms with Crippen molar-refractivity contribution >= 4 is 5.91 Å². The monoisotopic (exact) mass is 406 g/mol. The molecule has 0 unspecified atom stereocenters. The molecule has 0 saturated carbocycles. The standard InChI is InChI=1S/C23H26N4O3/c1-15-20-19(30-22(15)23(28)25-13-18-6-4-12-29-18)8-7-16-14-27(26-21(16)20)11-9-17-5-2-3-10-24-17/h2-3,5,10,14,18H,4,6-9,11-13H2,1H3,(H,25,28)/t18-/m0/s1. The summed E-state index contributed by atoms with van der Waals surface area (Å²) in [5.41, 5.74) is 5.05. The van der Waals surface area contributed by atoms with Crippen LogP contribution in [0.4, 0.5) is 0 Å². The van der Waals surface area contributed by atoms with Gasteiger partial charge < -0.3 is 14.5 Å². The van der Waals surface area contributed by atoms with Crippen molar-refractivity contribution < 1.29 is 13.9 Å². The van der Waals surface area contributed by atoms with E-state index in [0.717, 1.165) is 73.5 Å². The number of rotatable bonds is 6. The van der Waals surface area contributed by atoms with E-state index in [4.69, 9.17) is 14.3 Å². The second-order valence-electron chi connectivity index (χ2n) is 8.04. The number of carbonyl (C=O) groups is 1. The summed E-state index contributed by atoms with van der Waals surface area (Å²) < 4.78 is 13.6. The first kappa shape index (κ1) is 19.1. The third kappa shape index (κ3) is 3.65. The summed E-state index contributed by atoms with van der Waals surface area (Å²) in [4.78, 5) is 17.1. The zero-order chi connectivity index (χ0) is 20.5. The van der Waals surface area contributed by atoms with E-state index in [1.165, 1.54) is 5.56 Å². The molecule has 1 saturated heterocycles. The Kier molecular flexibility index (Phi) is 5.12. The fraction of sp³-hybridized carbons (Fsp3) is 0.435. The van der Waals surface area contributed by atoms with Crippen molar-refractivity contribution in [3.8, 4) is 11.3 Å². The van der Waals surface area contributed by atoms with Gasteiger partial charge in [0.1, 0.15) is 5.76 Å². The lowest BCUT2D eigenvalue weighted by molar-refractivity contribution is 0.0833. The highest BCUT2D eigenvalue weighted by atomic mass is 16.5. The first-order valence-electron chi connectivity index (χ1n) is 10.7. The largest absolute Gasteiger partial charge is 0.455 e. The zero-order valence-electron chi connectivity index (χ0n) is 17.2. The van der Waals surface area contributed by atoms with Gasteiger partial charge >= 0.3 is 0 Å². The molecule has 1 N–H and O–H groups in total. The number of furan rings is 1. The molecule has 3 aromatic heterocycles. The van der Waals surface area contributed by atoms with E-state index in [-0.39, 0.29) is 12.0 Å². The lowest BCUT2D eigenvalue weighted by Crippen LogP contribution is -2.31. The predicted octanol–water partition coefficient (Wildman–Crippen LogP) is 3.10. The summed E-state index contributed by atoms with van der Waals surface area (Å²) in [5.74, 6) is 1.08. The molecule has 3 aromatic rings. The fourth-order valence-corrected chi connectivity index (χ4v) is 4.36. The van der Waals surface area contributed by atoms with Gasteiger partial charge in [0.05, 0.1) is 11.8 Å². The van der Waals surface area contributed by atoms with Gasteiger partial charge in [-0.05, 0) is 43.9 Å². The molecule has 0 radical (unpaired) electrons. The molecule has 7 heteroatoms. The molecular weight excluding hydrogens is 380 g/mol. The first-order chi connectivity index (χ1) is 14.7. The van der Waals surface area contributed by atoms with Crippen LogP contribution in [0.5, 0.6) is 0 Å². The summed E-state index contributed by atoms with van der Waals surface area (Å²) in [6.45, 7) is 4.02. The minimum absolute atomic E-state index is 0.111. The van der Waals surface area contributed by atoms with Crippen molar-refractivity contribution in [2.45, 2.75) is 51.7 Å². The molecule has 0 spiro atoms. The Hall–Kier alpha value is -2.93. The number of amides is 1. The number of hydrogen-bond acceptors (Lipinski definition) is 5. The molecule has 2 aliphatic rings. The van der Waals surface area contributed by atoms with Crippen LogP contribution in [-0.2, 0) is 30.5 Å². The van der Waals surface area contributed by atoms with Crippen LogP contribution < -0.4 is 5.32 Å². The predicted molar refractivity (Wildman–Crippen MR) is 111 cm³/mol. The SMILES string of the molecule is Cc1c(C(=O)NC[C@@H]2CCCO2)oc2c1-c1nn(CCc3ccccn3)cc1CC2. The molecule has 1 amide bonds. The van der Waals surface area contributed by atoms with Crippen molar-refractivity contribution in [3.63, 3.8) is 0 Å². The average Bonchev–Trinajstić information content (AvgIpc) is 3.50. The van der Waals surface area contributed by atoms with Crippen molar-refractivity contribution in [1.82, 2.24) is 20.1 Å². The van der Waals surface area contributed by atoms with Gasteiger partial charge in [-0.1, -0.05) is 6.07 Å². The maximum Gasteiger partial charge on any atom is 0.287 e. The number of nitrogens with zero attached hydrogens (tertiary/aromatic N) is 3. The van der Waals surface area contributed by atoms with Crippen molar-refractivity contribution in [3.05, 3.63) is 58.9 Å². The Balaban J connectivity index is 1.33. The highest BCUT2D eigenvalue weighted by molar-refractivity contribution is 5.95. The topological polar surface area (TPSA) is 82.2 Å². The lowest BCUT2D eigenvalue weighted by atomic mass is 9.93.